The van der Waals surface area contributed by atoms with Crippen molar-refractivity contribution in [2.45, 2.75) is 32.8 Å². The first-order chi connectivity index (χ1) is 3.81. The molecule has 0 spiro atoms. The molecule has 0 radical (unpaired) electrons. The van der Waals surface area contributed by atoms with E-state index in [0.29, 0.717) is 0 Å². The number of hydrogen-bond donors (Lipinski definition) is 0. The maximum absolute atomic E-state index is 7.99. The minimum absolute atomic E-state index is 0.102. The summed E-state index contributed by atoms with van der Waals surface area (Å²) in [5.41, 5.74) is 0. The molecule has 0 aliphatic carbocycles. The molecule has 0 rings (SSSR count). The van der Waals surface area contributed by atoms with Crippen molar-refractivity contribution in [1.82, 2.24) is 0 Å². The molecule has 8 heavy (non-hydrogen) atoms. The standard InChI is InChI=1S/C6H11NO/c1-3-4-6(2)8-5-7/h6H,3-4H2,1-2H3. The maximum Gasteiger partial charge on any atom is 0.286 e. The van der Waals surface area contributed by atoms with Crippen molar-refractivity contribution in [3.8, 4) is 6.26 Å². The zero-order valence-corrected chi connectivity index (χ0v) is 5.35. The summed E-state index contributed by atoms with van der Waals surface area (Å²) in [4.78, 5) is 0. The van der Waals surface area contributed by atoms with Crippen LogP contribution in [-0.4, -0.2) is 6.10 Å². The highest BCUT2D eigenvalue weighted by atomic mass is 16.5. The normalized spacial score (nSPS) is 12.1. The molecule has 0 bridgehead atoms. The Morgan fingerprint density at radius 2 is 2.38 bits per heavy atom. The van der Waals surface area contributed by atoms with Crippen LogP contribution in [0.2, 0.25) is 0 Å². The Morgan fingerprint density at radius 3 is 2.75 bits per heavy atom. The highest BCUT2D eigenvalue weighted by Gasteiger charge is 1.96. The Morgan fingerprint density at radius 1 is 1.75 bits per heavy atom. The van der Waals surface area contributed by atoms with Gasteiger partial charge in [-0.3, -0.25) is 0 Å². The molecule has 0 N–H and O–H groups in total. The molecule has 0 amide bonds. The van der Waals surface area contributed by atoms with Crippen LogP contribution in [0.3, 0.4) is 0 Å². The molecule has 0 saturated carbocycles. The summed E-state index contributed by atoms with van der Waals surface area (Å²) in [7, 11) is 0. The van der Waals surface area contributed by atoms with E-state index in [2.05, 4.69) is 11.7 Å². The summed E-state index contributed by atoms with van der Waals surface area (Å²) in [5.74, 6) is 0. The number of ether oxygens (including phenoxy) is 1. The van der Waals surface area contributed by atoms with Gasteiger partial charge >= 0.3 is 0 Å². The van der Waals surface area contributed by atoms with Crippen LogP contribution >= 0.6 is 0 Å². The fraction of sp³-hybridized carbons (Fsp3) is 0.833. The van der Waals surface area contributed by atoms with Gasteiger partial charge in [-0.25, -0.2) is 0 Å². The van der Waals surface area contributed by atoms with Gasteiger partial charge in [0.05, 0.1) is 0 Å². The van der Waals surface area contributed by atoms with Crippen LogP contribution in [0.15, 0.2) is 0 Å². The molecule has 46 valence electrons. The Bertz CT molecular complexity index is 85.0. The SMILES string of the molecule is CCCC(C)OC#N. The lowest BCUT2D eigenvalue weighted by molar-refractivity contribution is 0.169. The molecule has 0 aromatic carbocycles. The minimum Gasteiger partial charge on any atom is -0.424 e. The van der Waals surface area contributed by atoms with Crippen molar-refractivity contribution in [2.24, 2.45) is 0 Å². The summed E-state index contributed by atoms with van der Waals surface area (Å²) in [6.45, 7) is 3.96. The van der Waals surface area contributed by atoms with Crippen molar-refractivity contribution in [3.63, 3.8) is 0 Å². The van der Waals surface area contributed by atoms with E-state index in [4.69, 9.17) is 5.26 Å². The van der Waals surface area contributed by atoms with E-state index in [0.717, 1.165) is 12.8 Å². The van der Waals surface area contributed by atoms with Gasteiger partial charge in [0.2, 0.25) is 0 Å². The van der Waals surface area contributed by atoms with Crippen LogP contribution < -0.4 is 0 Å². The van der Waals surface area contributed by atoms with E-state index in [1.807, 2.05) is 6.92 Å². The quantitative estimate of drug-likeness (QED) is 0.521. The lowest BCUT2D eigenvalue weighted by Gasteiger charge is -2.03. The Kier molecular flexibility index (Phi) is 4.05. The fourth-order valence-corrected chi connectivity index (χ4v) is 0.555. The van der Waals surface area contributed by atoms with E-state index in [1.165, 1.54) is 0 Å². The summed E-state index contributed by atoms with van der Waals surface area (Å²) in [5, 5.41) is 7.99. The fourth-order valence-electron chi connectivity index (χ4n) is 0.555. The van der Waals surface area contributed by atoms with Crippen molar-refractivity contribution < 1.29 is 4.74 Å². The molecule has 0 aromatic heterocycles. The molecule has 2 heteroatoms. The van der Waals surface area contributed by atoms with Crippen LogP contribution in [0.4, 0.5) is 0 Å². The number of hydrogen-bond acceptors (Lipinski definition) is 2. The minimum atomic E-state index is 0.102. The average Bonchev–Trinajstić information content (AvgIpc) is 1.68. The molecular formula is C6H11NO. The number of nitriles is 1. The Balaban J connectivity index is 3.08. The Hall–Kier alpha value is -0.710. The van der Waals surface area contributed by atoms with Gasteiger partial charge in [0.1, 0.15) is 6.10 Å². The smallest absolute Gasteiger partial charge is 0.286 e. The molecule has 0 aromatic rings. The third-order valence-electron chi connectivity index (χ3n) is 0.949. The first-order valence-electron chi connectivity index (χ1n) is 2.86. The van der Waals surface area contributed by atoms with Gasteiger partial charge in [0, 0.05) is 0 Å². The molecule has 0 heterocycles. The largest absolute Gasteiger partial charge is 0.424 e. The van der Waals surface area contributed by atoms with Crippen LogP contribution in [0, 0.1) is 11.5 Å². The van der Waals surface area contributed by atoms with Gasteiger partial charge in [0.25, 0.3) is 6.26 Å². The van der Waals surface area contributed by atoms with E-state index in [9.17, 15) is 0 Å². The summed E-state index contributed by atoms with van der Waals surface area (Å²) in [6, 6.07) is 0. The molecule has 1 unspecified atom stereocenters. The zero-order valence-electron chi connectivity index (χ0n) is 5.35. The lowest BCUT2D eigenvalue weighted by atomic mass is 10.2. The van der Waals surface area contributed by atoms with Crippen molar-refractivity contribution in [1.29, 1.82) is 5.26 Å². The van der Waals surface area contributed by atoms with E-state index in [-0.39, 0.29) is 6.10 Å². The highest BCUT2D eigenvalue weighted by molar-refractivity contribution is 4.55. The molecule has 0 aliphatic rings. The first kappa shape index (κ1) is 7.29. The van der Waals surface area contributed by atoms with Gasteiger partial charge in [-0.15, -0.1) is 0 Å². The van der Waals surface area contributed by atoms with Crippen molar-refractivity contribution in [2.75, 3.05) is 0 Å². The molecule has 1 atom stereocenters. The lowest BCUT2D eigenvalue weighted by Crippen LogP contribution is -2.01. The average molecular weight is 113 g/mol. The third-order valence-corrected chi connectivity index (χ3v) is 0.949. The van der Waals surface area contributed by atoms with Crippen molar-refractivity contribution in [3.05, 3.63) is 0 Å². The monoisotopic (exact) mass is 113 g/mol. The van der Waals surface area contributed by atoms with Gasteiger partial charge in [0.15, 0.2) is 0 Å². The second kappa shape index (κ2) is 4.45. The maximum atomic E-state index is 7.99. The first-order valence-corrected chi connectivity index (χ1v) is 2.86. The van der Waals surface area contributed by atoms with Gasteiger partial charge in [-0.2, -0.15) is 5.26 Å². The zero-order chi connectivity index (χ0) is 6.41. The van der Waals surface area contributed by atoms with Gasteiger partial charge in [-0.05, 0) is 13.3 Å². The summed E-state index contributed by atoms with van der Waals surface area (Å²) in [6.07, 6.45) is 3.79. The van der Waals surface area contributed by atoms with Gasteiger partial charge < -0.3 is 4.74 Å². The molecule has 0 saturated heterocycles. The third kappa shape index (κ3) is 3.48. The van der Waals surface area contributed by atoms with E-state index in [1.54, 1.807) is 6.26 Å². The number of rotatable bonds is 3. The molecule has 2 nitrogen and oxygen atoms in total. The summed E-state index contributed by atoms with van der Waals surface area (Å²) < 4.78 is 4.59. The number of nitrogens with zero attached hydrogens (tertiary/aromatic N) is 1. The van der Waals surface area contributed by atoms with Crippen molar-refractivity contribution >= 4 is 0 Å². The second-order valence-electron chi connectivity index (χ2n) is 1.81. The van der Waals surface area contributed by atoms with Crippen LogP contribution in [0.25, 0.3) is 0 Å². The van der Waals surface area contributed by atoms with Crippen LogP contribution in [-0.2, 0) is 4.74 Å². The van der Waals surface area contributed by atoms with Crippen LogP contribution in [0.5, 0.6) is 0 Å². The van der Waals surface area contributed by atoms with E-state index < -0.39 is 0 Å². The molecule has 0 fully saturated rings. The van der Waals surface area contributed by atoms with Gasteiger partial charge in [-0.1, -0.05) is 13.3 Å². The van der Waals surface area contributed by atoms with Crippen LogP contribution in [0.1, 0.15) is 26.7 Å². The van der Waals surface area contributed by atoms with E-state index >= 15 is 0 Å². The second-order valence-corrected chi connectivity index (χ2v) is 1.81. The predicted octanol–water partition coefficient (Wildman–Crippen LogP) is 1.67. The predicted molar refractivity (Wildman–Crippen MR) is 31.1 cm³/mol. The molecular weight excluding hydrogens is 102 g/mol. The topological polar surface area (TPSA) is 33.0 Å². The Labute approximate surface area is 50.1 Å². The summed E-state index contributed by atoms with van der Waals surface area (Å²) >= 11 is 0. The molecule has 0 aliphatic heterocycles. The highest BCUT2D eigenvalue weighted by Crippen LogP contribution is 1.98.